The van der Waals surface area contributed by atoms with Gasteiger partial charge in [-0.3, -0.25) is 15.0 Å². The first-order valence-electron chi connectivity index (χ1n) is 11.9. The number of nitrogens with one attached hydrogen (secondary N) is 1. The number of amides is 1. The molecule has 1 aromatic heterocycles. The minimum atomic E-state index is -1.52. The van der Waals surface area contributed by atoms with E-state index in [4.69, 9.17) is 23.8 Å². The van der Waals surface area contributed by atoms with E-state index in [1.807, 2.05) is 0 Å². The quantitative estimate of drug-likeness (QED) is 0.227. The van der Waals surface area contributed by atoms with Gasteiger partial charge in [-0.15, -0.1) is 12.3 Å². The number of nitrogens with two attached hydrogens (primary N) is 1. The summed E-state index contributed by atoms with van der Waals surface area (Å²) in [7, 11) is 0. The number of hydrogen-bond donors (Lipinski definition) is 2. The van der Waals surface area contributed by atoms with Crippen molar-refractivity contribution in [3.05, 3.63) is 105 Å². The molecular formula is C28H23ClF3N5O2. The van der Waals surface area contributed by atoms with Gasteiger partial charge in [-0.05, 0) is 49.4 Å². The van der Waals surface area contributed by atoms with Gasteiger partial charge in [0.1, 0.15) is 11.9 Å². The molecular weight excluding hydrogens is 531 g/mol. The minimum absolute atomic E-state index is 0.000718. The zero-order valence-electron chi connectivity index (χ0n) is 20.5. The predicted molar refractivity (Wildman–Crippen MR) is 144 cm³/mol. The van der Waals surface area contributed by atoms with Crippen LogP contribution in [0.1, 0.15) is 35.1 Å². The molecule has 0 aliphatic carbocycles. The number of anilines is 1. The average Bonchev–Trinajstić information content (AvgIpc) is 2.92. The Morgan fingerprint density at radius 1 is 1.15 bits per heavy atom. The number of fused-ring (bicyclic) bond motifs is 1. The number of hydrogen-bond acceptors (Lipinski definition) is 5. The number of carbonyl (C=O) groups is 1. The Morgan fingerprint density at radius 2 is 1.90 bits per heavy atom. The first-order chi connectivity index (χ1) is 18.7. The Balaban J connectivity index is 1.96. The van der Waals surface area contributed by atoms with E-state index in [-0.39, 0.29) is 42.7 Å². The van der Waals surface area contributed by atoms with Crippen molar-refractivity contribution in [1.29, 1.82) is 0 Å². The lowest BCUT2D eigenvalue weighted by Gasteiger charge is -2.32. The lowest BCUT2D eigenvalue weighted by molar-refractivity contribution is 0.0659. The summed E-state index contributed by atoms with van der Waals surface area (Å²) in [5, 5.41) is 0.542. The molecule has 0 fully saturated rings. The van der Waals surface area contributed by atoms with E-state index >= 15 is 0 Å². The first-order valence-corrected chi connectivity index (χ1v) is 12.3. The van der Waals surface area contributed by atoms with Crippen LogP contribution in [0.4, 0.5) is 18.9 Å². The van der Waals surface area contributed by atoms with Crippen molar-refractivity contribution in [3.8, 4) is 12.3 Å². The average molecular weight is 554 g/mol. The second kappa shape index (κ2) is 12.0. The summed E-state index contributed by atoms with van der Waals surface area (Å²) in [6, 6.07) is 13.0. The molecule has 1 atom stereocenters. The lowest BCUT2D eigenvalue weighted by atomic mass is 10.1. The van der Waals surface area contributed by atoms with Gasteiger partial charge in [-0.25, -0.2) is 22.8 Å². The highest BCUT2D eigenvalue weighted by Gasteiger charge is 2.32. The van der Waals surface area contributed by atoms with Gasteiger partial charge in [0, 0.05) is 24.1 Å². The third kappa shape index (κ3) is 5.90. The summed E-state index contributed by atoms with van der Waals surface area (Å²) >= 11 is 6.15. The fraction of sp³-hybridized carbons (Fsp3) is 0.179. The molecule has 39 heavy (non-hydrogen) atoms. The SMILES string of the molecule is C#CC[C@H](c1nc2cc(Cl)ccc2c(=O)n1Nc1ccccc1)N(CCCN)C(=O)c1cc(F)cc(F)c1F. The van der Waals surface area contributed by atoms with E-state index in [2.05, 4.69) is 16.3 Å². The zero-order chi connectivity index (χ0) is 28.1. The number of terminal acetylenes is 1. The van der Waals surface area contributed by atoms with E-state index in [0.717, 1.165) is 9.58 Å². The van der Waals surface area contributed by atoms with Crippen LogP contribution in [0.25, 0.3) is 10.9 Å². The Morgan fingerprint density at radius 3 is 2.59 bits per heavy atom. The Labute approximate surface area is 227 Å². The van der Waals surface area contributed by atoms with E-state index in [0.29, 0.717) is 22.8 Å². The molecule has 3 aromatic carbocycles. The van der Waals surface area contributed by atoms with Gasteiger partial charge in [0.05, 0.1) is 22.2 Å². The molecule has 0 bridgehead atoms. The highest BCUT2D eigenvalue weighted by Crippen LogP contribution is 2.28. The molecule has 0 saturated carbocycles. The smallest absolute Gasteiger partial charge is 0.280 e. The highest BCUT2D eigenvalue weighted by atomic mass is 35.5. The molecule has 4 rings (SSSR count). The molecule has 0 aliphatic heterocycles. The maximum atomic E-state index is 14.7. The van der Waals surface area contributed by atoms with Gasteiger partial charge in [0.25, 0.3) is 11.5 Å². The molecule has 0 unspecified atom stereocenters. The standard InChI is InChI=1S/C28H23ClF3N5O2/c1-2-7-24(36(13-6-12-33)27(38)21-15-18(30)16-22(31)25(21)32)26-34-23-14-17(29)10-11-20(23)28(39)37(26)35-19-8-4-3-5-9-19/h1,3-5,8-11,14-16,24,35H,6-7,12-13,33H2/t24-/m1/s1. The normalized spacial score (nSPS) is 11.7. The molecule has 4 aromatic rings. The van der Waals surface area contributed by atoms with E-state index in [1.54, 1.807) is 30.3 Å². The van der Waals surface area contributed by atoms with Gasteiger partial charge in [0.15, 0.2) is 17.5 Å². The number of rotatable bonds is 9. The van der Waals surface area contributed by atoms with Gasteiger partial charge in [0.2, 0.25) is 0 Å². The second-order valence-corrected chi connectivity index (χ2v) is 9.00. The van der Waals surface area contributed by atoms with Gasteiger partial charge in [-0.2, -0.15) is 0 Å². The number of carbonyl (C=O) groups excluding carboxylic acids is 1. The fourth-order valence-electron chi connectivity index (χ4n) is 4.13. The maximum Gasteiger partial charge on any atom is 0.280 e. The molecule has 1 heterocycles. The van der Waals surface area contributed by atoms with E-state index in [1.165, 1.54) is 18.2 Å². The van der Waals surface area contributed by atoms with Crippen LogP contribution in [0.3, 0.4) is 0 Å². The highest BCUT2D eigenvalue weighted by molar-refractivity contribution is 6.31. The number of para-hydroxylation sites is 1. The van der Waals surface area contributed by atoms with Crippen LogP contribution in [0.15, 0.2) is 65.5 Å². The van der Waals surface area contributed by atoms with Crippen molar-refractivity contribution in [2.45, 2.75) is 18.9 Å². The van der Waals surface area contributed by atoms with Gasteiger partial charge >= 0.3 is 0 Å². The Kier molecular flexibility index (Phi) is 8.54. The minimum Gasteiger partial charge on any atom is -0.330 e. The number of benzene rings is 3. The van der Waals surface area contributed by atoms with Crippen molar-refractivity contribution in [3.63, 3.8) is 0 Å². The predicted octanol–water partition coefficient (Wildman–Crippen LogP) is 4.90. The number of aromatic nitrogens is 2. The Bertz CT molecular complexity index is 1620. The third-order valence-corrected chi connectivity index (χ3v) is 6.18. The molecule has 1 amide bonds. The largest absolute Gasteiger partial charge is 0.330 e. The molecule has 0 aliphatic rings. The van der Waals surface area contributed by atoms with Crippen LogP contribution in [0, 0.1) is 29.8 Å². The van der Waals surface area contributed by atoms with Crippen LogP contribution < -0.4 is 16.7 Å². The summed E-state index contributed by atoms with van der Waals surface area (Å²) in [6.07, 6.45) is 5.73. The van der Waals surface area contributed by atoms with Crippen LogP contribution in [0.2, 0.25) is 5.02 Å². The zero-order valence-corrected chi connectivity index (χ0v) is 21.3. The molecule has 0 spiro atoms. The van der Waals surface area contributed by atoms with Crippen molar-refractivity contribution in [2.24, 2.45) is 5.73 Å². The van der Waals surface area contributed by atoms with Gasteiger partial charge in [-0.1, -0.05) is 29.8 Å². The van der Waals surface area contributed by atoms with Crippen molar-refractivity contribution in [1.82, 2.24) is 14.6 Å². The van der Waals surface area contributed by atoms with Crippen LogP contribution >= 0.6 is 11.6 Å². The van der Waals surface area contributed by atoms with Crippen molar-refractivity contribution < 1.29 is 18.0 Å². The Hall–Kier alpha value is -4.33. The fourth-order valence-corrected chi connectivity index (χ4v) is 4.30. The molecule has 3 N–H and O–H groups in total. The van der Waals surface area contributed by atoms with Crippen molar-refractivity contribution in [2.75, 3.05) is 18.5 Å². The summed E-state index contributed by atoms with van der Waals surface area (Å²) in [6.45, 7) is 0.0659. The molecule has 200 valence electrons. The topological polar surface area (TPSA) is 93.2 Å². The van der Waals surface area contributed by atoms with E-state index in [9.17, 15) is 22.8 Å². The monoisotopic (exact) mass is 553 g/mol. The second-order valence-electron chi connectivity index (χ2n) is 8.56. The summed E-state index contributed by atoms with van der Waals surface area (Å²) in [4.78, 5) is 33.0. The third-order valence-electron chi connectivity index (χ3n) is 5.94. The molecule has 0 radical (unpaired) electrons. The summed E-state index contributed by atoms with van der Waals surface area (Å²) in [5.41, 5.74) is 8.07. The van der Waals surface area contributed by atoms with Crippen molar-refractivity contribution >= 4 is 34.1 Å². The lowest BCUT2D eigenvalue weighted by Crippen LogP contribution is -2.42. The van der Waals surface area contributed by atoms with Crippen LogP contribution in [-0.4, -0.2) is 33.6 Å². The molecule has 0 saturated heterocycles. The van der Waals surface area contributed by atoms with E-state index < -0.39 is 40.5 Å². The molecule has 7 nitrogen and oxygen atoms in total. The molecule has 11 heteroatoms. The summed E-state index contributed by atoms with van der Waals surface area (Å²) in [5.74, 6) is -2.76. The number of halogens is 4. The van der Waals surface area contributed by atoms with Crippen LogP contribution in [-0.2, 0) is 0 Å². The van der Waals surface area contributed by atoms with Crippen LogP contribution in [0.5, 0.6) is 0 Å². The van der Waals surface area contributed by atoms with Gasteiger partial charge < -0.3 is 10.6 Å². The number of nitrogens with zero attached hydrogens (tertiary/aromatic N) is 3. The summed E-state index contributed by atoms with van der Waals surface area (Å²) < 4.78 is 43.9. The maximum absolute atomic E-state index is 14.7. The first kappa shape index (κ1) is 27.7.